The van der Waals surface area contributed by atoms with E-state index in [2.05, 4.69) is 10.6 Å². The third-order valence-corrected chi connectivity index (χ3v) is 5.13. The Morgan fingerprint density at radius 1 is 1.06 bits per heavy atom. The molecule has 6 nitrogen and oxygen atoms in total. The van der Waals surface area contributed by atoms with Crippen LogP contribution in [0.25, 0.3) is 0 Å². The van der Waals surface area contributed by atoms with E-state index >= 15 is 0 Å². The lowest BCUT2D eigenvalue weighted by molar-refractivity contribution is -0.109. The molecule has 0 radical (unpaired) electrons. The van der Waals surface area contributed by atoms with Crippen molar-refractivity contribution >= 4 is 15.2 Å². The lowest BCUT2D eigenvalue weighted by atomic mass is 10.4. The van der Waals surface area contributed by atoms with E-state index in [-0.39, 0.29) is 0 Å². The van der Waals surface area contributed by atoms with Crippen molar-refractivity contribution in [2.75, 3.05) is 41.0 Å². The van der Waals surface area contributed by atoms with Crippen LogP contribution in [0.4, 0.5) is 0 Å². The summed E-state index contributed by atoms with van der Waals surface area (Å²) < 4.78 is 15.9. The Balaban J connectivity index is 3.51. The highest BCUT2D eigenvalue weighted by Gasteiger charge is 2.36. The van der Waals surface area contributed by atoms with Crippen molar-refractivity contribution in [2.45, 2.75) is 12.5 Å². The van der Waals surface area contributed by atoms with Gasteiger partial charge in [-0.1, -0.05) is 0 Å². The number of carbonyl (C=O) groups excluding carboxylic acids is 1. The average molecular weight is 250 g/mol. The third kappa shape index (κ3) is 6.18. The number of carbonyl (C=O) groups is 1. The zero-order valence-corrected chi connectivity index (χ0v) is 11.2. The minimum atomic E-state index is -2.40. The first-order valence-electron chi connectivity index (χ1n) is 5.28. The van der Waals surface area contributed by atoms with Crippen LogP contribution < -0.4 is 10.6 Å². The molecule has 0 saturated carbocycles. The fourth-order valence-corrected chi connectivity index (χ4v) is 3.05. The third-order valence-electron chi connectivity index (χ3n) is 2.30. The molecule has 0 fully saturated rings. The fraction of sp³-hybridized carbons (Fsp3) is 0.889. The van der Waals surface area contributed by atoms with Crippen molar-refractivity contribution in [2.24, 2.45) is 0 Å². The topological polar surface area (TPSA) is 68.8 Å². The number of nitrogens with one attached hydrogen (secondary N) is 2. The number of hydrogen-bond donors (Lipinski definition) is 2. The molecule has 0 aromatic carbocycles. The first-order valence-corrected chi connectivity index (χ1v) is 7.21. The van der Waals surface area contributed by atoms with Gasteiger partial charge in [-0.15, -0.1) is 0 Å². The van der Waals surface area contributed by atoms with Gasteiger partial charge in [0.2, 0.25) is 6.41 Å². The molecule has 0 aliphatic heterocycles. The molecule has 0 aromatic rings. The van der Waals surface area contributed by atoms with Crippen molar-refractivity contribution in [3.05, 3.63) is 0 Å². The van der Waals surface area contributed by atoms with Crippen molar-refractivity contribution in [1.82, 2.24) is 10.6 Å². The summed E-state index contributed by atoms with van der Waals surface area (Å²) in [6.07, 6.45) is 1.61. The van der Waals surface area contributed by atoms with Crippen molar-refractivity contribution in [1.29, 1.82) is 0 Å². The largest absolute Gasteiger partial charge is 0.500 e. The molecule has 7 heteroatoms. The second kappa shape index (κ2) is 9.73. The molecule has 1 amide bonds. The molecule has 16 heavy (non-hydrogen) atoms. The molecular formula is C9H22N2O4Si. The summed E-state index contributed by atoms with van der Waals surface area (Å²) in [5, 5.41) is 5.78. The Kier molecular flexibility index (Phi) is 9.44. The second-order valence-electron chi connectivity index (χ2n) is 3.22. The van der Waals surface area contributed by atoms with Gasteiger partial charge in [0.25, 0.3) is 0 Å². The number of rotatable bonds is 11. The van der Waals surface area contributed by atoms with E-state index in [0.29, 0.717) is 13.0 Å². The van der Waals surface area contributed by atoms with Gasteiger partial charge in [0, 0.05) is 40.5 Å². The highest BCUT2D eigenvalue weighted by atomic mass is 28.4. The smallest absolute Gasteiger partial charge is 0.377 e. The molecule has 0 aliphatic rings. The highest BCUT2D eigenvalue weighted by Crippen LogP contribution is 2.13. The molecule has 0 spiro atoms. The summed E-state index contributed by atoms with van der Waals surface area (Å²) >= 11 is 0. The summed E-state index contributed by atoms with van der Waals surface area (Å²) in [6, 6.07) is 0.782. The summed E-state index contributed by atoms with van der Waals surface area (Å²) in [6.45, 7) is 2.26. The standard InChI is InChI=1S/C9H22N2O4Si/c1-13-16(14-2,15-3)8-4-5-10-6-7-11-9-12/h9-10H,4-8H2,1-3H3,(H,11,12). The molecule has 0 unspecified atom stereocenters. The molecule has 0 saturated heterocycles. The monoisotopic (exact) mass is 250 g/mol. The van der Waals surface area contributed by atoms with Gasteiger partial charge in [-0.2, -0.15) is 0 Å². The van der Waals surface area contributed by atoms with Gasteiger partial charge in [-0.25, -0.2) is 0 Å². The molecule has 96 valence electrons. The lowest BCUT2D eigenvalue weighted by Crippen LogP contribution is -2.43. The first kappa shape index (κ1) is 15.5. The van der Waals surface area contributed by atoms with Gasteiger partial charge in [0.1, 0.15) is 0 Å². The molecule has 0 aromatic heterocycles. The molecule has 2 N–H and O–H groups in total. The molecule has 0 aliphatic carbocycles. The molecule has 0 rings (SSSR count). The predicted molar refractivity (Wildman–Crippen MR) is 63.1 cm³/mol. The molecule has 0 heterocycles. The van der Waals surface area contributed by atoms with Crippen molar-refractivity contribution in [3.8, 4) is 0 Å². The maximum absolute atomic E-state index is 9.96. The van der Waals surface area contributed by atoms with Crippen LogP contribution in [0.15, 0.2) is 0 Å². The van der Waals surface area contributed by atoms with Crippen LogP contribution in [0.2, 0.25) is 6.04 Å². The van der Waals surface area contributed by atoms with E-state index in [0.717, 1.165) is 25.6 Å². The minimum absolute atomic E-state index is 0.644. The Morgan fingerprint density at radius 2 is 1.69 bits per heavy atom. The van der Waals surface area contributed by atoms with E-state index in [1.54, 1.807) is 21.3 Å². The Hall–Kier alpha value is -0.473. The molecule has 0 atom stereocenters. The van der Waals surface area contributed by atoms with Crippen LogP contribution in [0.1, 0.15) is 6.42 Å². The van der Waals surface area contributed by atoms with E-state index in [9.17, 15) is 4.79 Å². The summed E-state index contributed by atoms with van der Waals surface area (Å²) in [5.41, 5.74) is 0. The van der Waals surface area contributed by atoms with Gasteiger partial charge in [-0.3, -0.25) is 4.79 Å². The van der Waals surface area contributed by atoms with Crippen LogP contribution in [0, 0.1) is 0 Å². The van der Waals surface area contributed by atoms with Crippen molar-refractivity contribution in [3.63, 3.8) is 0 Å². The predicted octanol–water partition coefficient (Wildman–Crippen LogP) is -0.410. The SMILES string of the molecule is CO[Si](CCCNCCNC=O)(OC)OC. The van der Waals surface area contributed by atoms with Crippen molar-refractivity contribution < 1.29 is 18.1 Å². The first-order chi connectivity index (χ1) is 7.74. The minimum Gasteiger partial charge on any atom is -0.377 e. The zero-order valence-electron chi connectivity index (χ0n) is 10.2. The van der Waals surface area contributed by atoms with E-state index in [1.807, 2.05) is 0 Å². The van der Waals surface area contributed by atoms with E-state index < -0.39 is 8.80 Å². The van der Waals surface area contributed by atoms with E-state index in [1.165, 1.54) is 0 Å². The normalized spacial score (nSPS) is 11.4. The fourth-order valence-electron chi connectivity index (χ4n) is 1.33. The summed E-state index contributed by atoms with van der Waals surface area (Å²) in [7, 11) is 2.43. The molecule has 0 bridgehead atoms. The van der Waals surface area contributed by atoms with Crippen LogP contribution in [-0.4, -0.2) is 56.2 Å². The summed E-state index contributed by atoms with van der Waals surface area (Å²) in [4.78, 5) is 9.96. The van der Waals surface area contributed by atoms with Gasteiger partial charge < -0.3 is 23.9 Å². The number of hydrogen-bond acceptors (Lipinski definition) is 5. The highest BCUT2D eigenvalue weighted by molar-refractivity contribution is 6.60. The van der Waals surface area contributed by atoms with Gasteiger partial charge in [0.05, 0.1) is 0 Å². The van der Waals surface area contributed by atoms with Gasteiger partial charge >= 0.3 is 8.80 Å². The summed E-state index contributed by atoms with van der Waals surface area (Å²) in [5.74, 6) is 0. The maximum Gasteiger partial charge on any atom is 0.500 e. The van der Waals surface area contributed by atoms with Crippen LogP contribution in [0.3, 0.4) is 0 Å². The van der Waals surface area contributed by atoms with Crippen LogP contribution in [0.5, 0.6) is 0 Å². The number of amides is 1. The molecular weight excluding hydrogens is 228 g/mol. The lowest BCUT2D eigenvalue weighted by Gasteiger charge is -2.24. The average Bonchev–Trinajstić information content (AvgIpc) is 2.34. The quantitative estimate of drug-likeness (QED) is 0.296. The zero-order chi connectivity index (χ0) is 12.3. The second-order valence-corrected chi connectivity index (χ2v) is 6.31. The van der Waals surface area contributed by atoms with E-state index in [4.69, 9.17) is 13.3 Å². The van der Waals surface area contributed by atoms with Gasteiger partial charge in [0.15, 0.2) is 0 Å². The Morgan fingerprint density at radius 3 is 2.19 bits per heavy atom. The van der Waals surface area contributed by atoms with Gasteiger partial charge in [-0.05, 0) is 13.0 Å². The Labute approximate surface area is 98.0 Å². The maximum atomic E-state index is 9.96. The Bertz CT molecular complexity index is 171. The van der Waals surface area contributed by atoms with Crippen LogP contribution in [-0.2, 0) is 18.1 Å². The van der Waals surface area contributed by atoms with Crippen LogP contribution >= 0.6 is 0 Å².